The Balaban J connectivity index is 1.40. The fourth-order valence-electron chi connectivity index (χ4n) is 3.88. The van der Waals surface area contributed by atoms with Crippen LogP contribution in [0.15, 0.2) is 59.1 Å². The zero-order valence-electron chi connectivity index (χ0n) is 18.9. The fourth-order valence-corrected chi connectivity index (χ4v) is 3.88. The number of aryl methyl sites for hydroxylation is 1. The molecule has 2 heterocycles. The van der Waals surface area contributed by atoms with Crippen LogP contribution in [0.25, 0.3) is 0 Å². The van der Waals surface area contributed by atoms with Gasteiger partial charge >= 0.3 is 5.97 Å². The highest BCUT2D eigenvalue weighted by Crippen LogP contribution is 2.26. The van der Waals surface area contributed by atoms with Gasteiger partial charge in [-0.25, -0.2) is 8.78 Å². The summed E-state index contributed by atoms with van der Waals surface area (Å²) in [5, 5.41) is 6.31. The molecule has 8 nitrogen and oxygen atoms in total. The maximum absolute atomic E-state index is 14.0. The van der Waals surface area contributed by atoms with Crippen molar-refractivity contribution in [2.75, 3.05) is 18.4 Å². The van der Waals surface area contributed by atoms with Gasteiger partial charge in [0, 0.05) is 30.8 Å². The Kier molecular flexibility index (Phi) is 7.19. The number of hydrogen-bond donors (Lipinski definition) is 1. The van der Waals surface area contributed by atoms with Crippen LogP contribution < -0.4 is 5.32 Å². The average molecular weight is 483 g/mol. The molecule has 1 aromatic heterocycles. The zero-order chi connectivity index (χ0) is 24.9. The van der Waals surface area contributed by atoms with Gasteiger partial charge in [0.05, 0.1) is 11.5 Å². The topological polar surface area (TPSA) is 102 Å². The molecule has 1 fully saturated rings. The maximum atomic E-state index is 14.0. The number of ether oxygens (including phenoxy) is 1. The van der Waals surface area contributed by atoms with Crippen LogP contribution in [0.5, 0.6) is 0 Å². The second-order valence-electron chi connectivity index (χ2n) is 8.23. The smallest absolute Gasteiger partial charge is 0.310 e. The summed E-state index contributed by atoms with van der Waals surface area (Å²) in [5.41, 5.74) is 0.259. The number of nitrogens with zero attached hydrogens (tertiary/aromatic N) is 2. The average Bonchev–Trinajstić information content (AvgIpc) is 3.26. The van der Waals surface area contributed by atoms with Gasteiger partial charge in [0.1, 0.15) is 17.4 Å². The second kappa shape index (κ2) is 10.5. The number of anilines is 1. The number of carbonyl (C=O) groups is 3. The molecule has 0 radical (unpaired) electrons. The minimum absolute atomic E-state index is 0.190. The molecule has 0 aliphatic carbocycles. The van der Waals surface area contributed by atoms with Gasteiger partial charge in [0.25, 0.3) is 11.8 Å². The normalized spacial score (nSPS) is 14.9. The molecule has 1 aliphatic heterocycles. The van der Waals surface area contributed by atoms with Crippen LogP contribution in [-0.4, -0.2) is 40.9 Å². The Morgan fingerprint density at radius 3 is 2.43 bits per heavy atom. The highest BCUT2D eigenvalue weighted by molar-refractivity contribution is 5.96. The summed E-state index contributed by atoms with van der Waals surface area (Å²) in [5.74, 6) is -3.28. The molecule has 1 aliphatic rings. The molecule has 1 atom stereocenters. The SMILES string of the molecule is Cc1cc(NC(=O)C(OC(=O)C2CCN(C(=O)c3ccc(F)cc3F)CC2)c2ccccc2)no1. The van der Waals surface area contributed by atoms with E-state index in [2.05, 4.69) is 10.5 Å². The van der Waals surface area contributed by atoms with Gasteiger partial charge in [-0.3, -0.25) is 14.4 Å². The number of piperidine rings is 1. The first-order valence-corrected chi connectivity index (χ1v) is 11.1. The minimum atomic E-state index is -1.21. The van der Waals surface area contributed by atoms with Gasteiger partial charge in [-0.15, -0.1) is 0 Å². The number of amides is 2. The Hall–Kier alpha value is -4.08. The Morgan fingerprint density at radius 2 is 1.80 bits per heavy atom. The van der Waals surface area contributed by atoms with Crippen molar-refractivity contribution < 1.29 is 32.4 Å². The van der Waals surface area contributed by atoms with Crippen molar-refractivity contribution in [2.24, 2.45) is 5.92 Å². The van der Waals surface area contributed by atoms with Gasteiger partial charge in [-0.1, -0.05) is 35.5 Å². The number of esters is 1. The third-order valence-corrected chi connectivity index (χ3v) is 5.73. The van der Waals surface area contributed by atoms with Crippen molar-refractivity contribution in [1.82, 2.24) is 10.1 Å². The number of benzene rings is 2. The molecule has 2 aromatic carbocycles. The van der Waals surface area contributed by atoms with E-state index in [4.69, 9.17) is 9.26 Å². The lowest BCUT2D eigenvalue weighted by atomic mass is 9.96. The third-order valence-electron chi connectivity index (χ3n) is 5.73. The number of aromatic nitrogens is 1. The van der Waals surface area contributed by atoms with E-state index in [1.54, 1.807) is 43.3 Å². The van der Waals surface area contributed by atoms with Crippen LogP contribution in [0.2, 0.25) is 0 Å². The molecule has 10 heteroatoms. The minimum Gasteiger partial charge on any atom is -0.447 e. The molecule has 0 bridgehead atoms. The maximum Gasteiger partial charge on any atom is 0.310 e. The van der Waals surface area contributed by atoms with Gasteiger partial charge in [0.15, 0.2) is 5.82 Å². The van der Waals surface area contributed by atoms with Crippen molar-refractivity contribution in [2.45, 2.75) is 25.9 Å². The Bertz CT molecular complexity index is 1220. The molecule has 182 valence electrons. The molecule has 1 N–H and O–H groups in total. The van der Waals surface area contributed by atoms with Gasteiger partial charge < -0.3 is 19.5 Å². The fraction of sp³-hybridized carbons (Fsp3) is 0.280. The molecule has 1 unspecified atom stereocenters. The Morgan fingerprint density at radius 1 is 1.09 bits per heavy atom. The summed E-state index contributed by atoms with van der Waals surface area (Å²) in [6.45, 7) is 2.06. The molecular weight excluding hydrogens is 460 g/mol. The summed E-state index contributed by atoms with van der Waals surface area (Å²) in [6, 6.07) is 12.9. The summed E-state index contributed by atoms with van der Waals surface area (Å²) in [6.07, 6.45) is -0.661. The standard InChI is InChI=1S/C25H23F2N3O5/c1-15-13-21(29-35-15)28-23(31)22(16-5-3-2-4-6-16)34-25(33)17-9-11-30(12-10-17)24(32)19-8-7-18(26)14-20(19)27/h2-8,13-14,17,22H,9-12H2,1H3,(H,28,29,31). The third kappa shape index (κ3) is 5.71. The molecule has 35 heavy (non-hydrogen) atoms. The number of nitrogens with one attached hydrogen (secondary N) is 1. The number of likely N-dealkylation sites (tertiary alicyclic amines) is 1. The number of rotatable bonds is 6. The van der Waals surface area contributed by atoms with E-state index in [-0.39, 0.29) is 37.3 Å². The van der Waals surface area contributed by atoms with Crippen LogP contribution in [0, 0.1) is 24.5 Å². The predicted octanol–water partition coefficient (Wildman–Crippen LogP) is 4.04. The van der Waals surface area contributed by atoms with Crippen LogP contribution in [0.3, 0.4) is 0 Å². The predicted molar refractivity (Wildman–Crippen MR) is 120 cm³/mol. The van der Waals surface area contributed by atoms with E-state index < -0.39 is 41.4 Å². The zero-order valence-corrected chi connectivity index (χ0v) is 18.9. The number of carbonyl (C=O) groups excluding carboxylic acids is 3. The largest absolute Gasteiger partial charge is 0.447 e. The summed E-state index contributed by atoms with van der Waals surface area (Å²) >= 11 is 0. The first-order valence-electron chi connectivity index (χ1n) is 11.1. The van der Waals surface area contributed by atoms with Crippen LogP contribution in [-0.2, 0) is 14.3 Å². The molecule has 2 amide bonds. The molecule has 1 saturated heterocycles. The quantitative estimate of drug-likeness (QED) is 0.531. The first kappa shape index (κ1) is 24.1. The highest BCUT2D eigenvalue weighted by Gasteiger charge is 2.33. The summed E-state index contributed by atoms with van der Waals surface area (Å²) in [7, 11) is 0. The van der Waals surface area contributed by atoms with Crippen molar-refractivity contribution in [3.05, 3.63) is 83.1 Å². The van der Waals surface area contributed by atoms with Gasteiger partial charge in [-0.2, -0.15) is 0 Å². The van der Waals surface area contributed by atoms with Crippen molar-refractivity contribution in [3.63, 3.8) is 0 Å². The van der Waals surface area contributed by atoms with E-state index in [1.165, 1.54) is 4.90 Å². The number of halogens is 2. The first-order chi connectivity index (χ1) is 16.8. The number of hydrogen-bond acceptors (Lipinski definition) is 6. The van der Waals surface area contributed by atoms with Crippen LogP contribution in [0.4, 0.5) is 14.6 Å². The van der Waals surface area contributed by atoms with Crippen LogP contribution >= 0.6 is 0 Å². The lowest BCUT2D eigenvalue weighted by Crippen LogP contribution is -2.41. The lowest BCUT2D eigenvalue weighted by Gasteiger charge is -2.31. The van der Waals surface area contributed by atoms with E-state index in [9.17, 15) is 23.2 Å². The van der Waals surface area contributed by atoms with E-state index in [0.29, 0.717) is 17.4 Å². The molecular formula is C25H23F2N3O5. The molecule has 0 saturated carbocycles. The second-order valence-corrected chi connectivity index (χ2v) is 8.23. The Labute approximate surface area is 199 Å². The van der Waals surface area contributed by atoms with Crippen molar-refractivity contribution in [1.29, 1.82) is 0 Å². The van der Waals surface area contributed by atoms with Gasteiger partial charge in [0.2, 0.25) is 6.10 Å². The van der Waals surface area contributed by atoms with E-state index >= 15 is 0 Å². The molecule has 3 aromatic rings. The van der Waals surface area contributed by atoms with Crippen molar-refractivity contribution in [3.8, 4) is 0 Å². The summed E-state index contributed by atoms with van der Waals surface area (Å²) in [4.78, 5) is 39.9. The van der Waals surface area contributed by atoms with E-state index in [0.717, 1.165) is 12.1 Å². The van der Waals surface area contributed by atoms with Crippen molar-refractivity contribution >= 4 is 23.6 Å². The highest BCUT2D eigenvalue weighted by atomic mass is 19.1. The van der Waals surface area contributed by atoms with E-state index in [1.807, 2.05) is 0 Å². The molecule has 0 spiro atoms. The van der Waals surface area contributed by atoms with Gasteiger partial charge in [-0.05, 0) is 31.9 Å². The summed E-state index contributed by atoms with van der Waals surface area (Å²) < 4.78 is 37.7. The lowest BCUT2D eigenvalue weighted by molar-refractivity contribution is -0.160. The molecule has 4 rings (SSSR count). The van der Waals surface area contributed by atoms with Crippen LogP contribution in [0.1, 0.15) is 40.6 Å². The monoisotopic (exact) mass is 483 g/mol.